The van der Waals surface area contributed by atoms with Crippen molar-refractivity contribution < 1.29 is 4.79 Å². The molecular weight excluding hydrogens is 268 g/mol. The molecule has 104 valence electrons. The van der Waals surface area contributed by atoms with Crippen LogP contribution in [-0.4, -0.2) is 15.6 Å². The molecule has 1 aliphatic rings. The van der Waals surface area contributed by atoms with Crippen LogP contribution in [0.1, 0.15) is 36.3 Å². The zero-order valence-corrected chi connectivity index (χ0v) is 12.2. The second-order valence-corrected chi connectivity index (χ2v) is 6.21. The maximum absolute atomic E-state index is 12.1. The van der Waals surface area contributed by atoms with Gasteiger partial charge in [0.25, 0.3) is 0 Å². The minimum Gasteiger partial charge on any atom is -0.297 e. The van der Waals surface area contributed by atoms with Gasteiger partial charge in [0.2, 0.25) is 0 Å². The van der Waals surface area contributed by atoms with Gasteiger partial charge < -0.3 is 0 Å². The molecule has 4 heteroatoms. The fourth-order valence-corrected chi connectivity index (χ4v) is 3.26. The van der Waals surface area contributed by atoms with Crippen LogP contribution in [0.25, 0.3) is 12.2 Å². The van der Waals surface area contributed by atoms with Crippen LogP contribution in [0.15, 0.2) is 29.8 Å². The molecule has 2 aromatic rings. The van der Waals surface area contributed by atoms with Crippen LogP contribution in [0.2, 0.25) is 0 Å². The fraction of sp³-hybridized carbons (Fsp3) is 0.375. The SMILES string of the molecule is O=C(Cn1ccc(/C=C/c2cccs2)n1)C1CCCC1. The summed E-state index contributed by atoms with van der Waals surface area (Å²) in [6, 6.07) is 6.05. The monoisotopic (exact) mass is 286 g/mol. The first-order chi connectivity index (χ1) is 9.81. The minimum atomic E-state index is 0.268. The van der Waals surface area contributed by atoms with Crippen molar-refractivity contribution in [2.45, 2.75) is 32.2 Å². The predicted octanol–water partition coefficient (Wildman–Crippen LogP) is 3.87. The van der Waals surface area contributed by atoms with Gasteiger partial charge in [-0.2, -0.15) is 5.10 Å². The zero-order chi connectivity index (χ0) is 13.8. The lowest BCUT2D eigenvalue weighted by molar-refractivity contribution is -0.123. The molecule has 0 unspecified atom stereocenters. The molecule has 0 spiro atoms. The number of aromatic nitrogens is 2. The smallest absolute Gasteiger partial charge is 0.157 e. The summed E-state index contributed by atoms with van der Waals surface area (Å²) >= 11 is 1.70. The Morgan fingerprint density at radius 2 is 2.20 bits per heavy atom. The van der Waals surface area contributed by atoms with Crippen molar-refractivity contribution in [2.24, 2.45) is 5.92 Å². The molecule has 0 aliphatic heterocycles. The Hall–Kier alpha value is -1.68. The third kappa shape index (κ3) is 3.25. The Balaban J connectivity index is 1.60. The van der Waals surface area contributed by atoms with Gasteiger partial charge in [-0.05, 0) is 42.5 Å². The molecule has 0 bridgehead atoms. The standard InChI is InChI=1S/C16H18N2OS/c19-16(13-4-1-2-5-13)12-18-10-9-14(17-18)7-8-15-6-3-11-20-15/h3,6-11,13H,1-2,4-5,12H2/b8-7+. The number of hydrogen-bond acceptors (Lipinski definition) is 3. The highest BCUT2D eigenvalue weighted by atomic mass is 32.1. The van der Waals surface area contributed by atoms with Crippen LogP contribution in [0, 0.1) is 5.92 Å². The molecule has 20 heavy (non-hydrogen) atoms. The van der Waals surface area contributed by atoms with Crippen molar-refractivity contribution in [1.29, 1.82) is 0 Å². The molecule has 0 N–H and O–H groups in total. The topological polar surface area (TPSA) is 34.9 Å². The van der Waals surface area contributed by atoms with Gasteiger partial charge in [-0.15, -0.1) is 11.3 Å². The van der Waals surface area contributed by atoms with E-state index in [1.54, 1.807) is 16.0 Å². The van der Waals surface area contributed by atoms with Crippen molar-refractivity contribution in [3.63, 3.8) is 0 Å². The average Bonchev–Trinajstić information content (AvgIpc) is 3.19. The number of Topliss-reactive ketones (excluding diaryl/α,β-unsaturated/α-hetero) is 1. The van der Waals surface area contributed by atoms with E-state index < -0.39 is 0 Å². The number of nitrogens with zero attached hydrogens (tertiary/aromatic N) is 2. The summed E-state index contributed by atoms with van der Waals surface area (Å²) in [6.45, 7) is 0.414. The maximum atomic E-state index is 12.1. The molecule has 0 atom stereocenters. The van der Waals surface area contributed by atoms with Gasteiger partial charge in [-0.25, -0.2) is 0 Å². The van der Waals surface area contributed by atoms with Gasteiger partial charge in [0.15, 0.2) is 5.78 Å². The number of ketones is 1. The highest BCUT2D eigenvalue weighted by molar-refractivity contribution is 7.10. The van der Waals surface area contributed by atoms with E-state index in [0.29, 0.717) is 12.3 Å². The average molecular weight is 286 g/mol. The van der Waals surface area contributed by atoms with Gasteiger partial charge in [0, 0.05) is 17.0 Å². The molecule has 0 aromatic carbocycles. The van der Waals surface area contributed by atoms with E-state index in [0.717, 1.165) is 18.5 Å². The normalized spacial score (nSPS) is 16.2. The van der Waals surface area contributed by atoms with Gasteiger partial charge in [0.05, 0.1) is 12.2 Å². The first-order valence-corrected chi connectivity index (χ1v) is 7.97. The van der Waals surface area contributed by atoms with E-state index in [1.165, 1.54) is 17.7 Å². The van der Waals surface area contributed by atoms with E-state index in [1.807, 2.05) is 24.4 Å². The lowest BCUT2D eigenvalue weighted by atomic mass is 10.0. The fourth-order valence-electron chi connectivity index (χ4n) is 2.64. The van der Waals surface area contributed by atoms with Gasteiger partial charge in [-0.1, -0.05) is 18.9 Å². The summed E-state index contributed by atoms with van der Waals surface area (Å²) in [5.41, 5.74) is 0.901. The second-order valence-electron chi connectivity index (χ2n) is 5.23. The number of carbonyl (C=O) groups excluding carboxylic acids is 1. The highest BCUT2D eigenvalue weighted by Crippen LogP contribution is 2.25. The molecule has 3 nitrogen and oxygen atoms in total. The molecule has 0 amide bonds. The molecular formula is C16H18N2OS. The van der Waals surface area contributed by atoms with Crippen molar-refractivity contribution in [3.8, 4) is 0 Å². The quantitative estimate of drug-likeness (QED) is 0.836. The van der Waals surface area contributed by atoms with Crippen LogP contribution in [-0.2, 0) is 11.3 Å². The van der Waals surface area contributed by atoms with Crippen molar-refractivity contribution in [1.82, 2.24) is 9.78 Å². The lowest BCUT2D eigenvalue weighted by Crippen LogP contribution is -2.18. The van der Waals surface area contributed by atoms with Crippen LogP contribution in [0.5, 0.6) is 0 Å². The number of hydrogen-bond donors (Lipinski definition) is 0. The van der Waals surface area contributed by atoms with Gasteiger partial charge in [-0.3, -0.25) is 9.48 Å². The lowest BCUT2D eigenvalue weighted by Gasteiger charge is -2.07. The second kappa shape index (κ2) is 6.18. The predicted molar refractivity (Wildman–Crippen MR) is 82.4 cm³/mol. The molecule has 1 fully saturated rings. The van der Waals surface area contributed by atoms with Crippen LogP contribution in [0.4, 0.5) is 0 Å². The summed E-state index contributed by atoms with van der Waals surface area (Å²) in [5, 5.41) is 6.49. The Labute approximate surface area is 122 Å². The Morgan fingerprint density at radius 3 is 2.95 bits per heavy atom. The Kier molecular flexibility index (Phi) is 4.11. The largest absolute Gasteiger partial charge is 0.297 e. The molecule has 1 aliphatic carbocycles. The number of rotatable bonds is 5. The Bertz CT molecular complexity index is 592. The first kappa shape index (κ1) is 13.3. The van der Waals surface area contributed by atoms with Gasteiger partial charge >= 0.3 is 0 Å². The summed E-state index contributed by atoms with van der Waals surface area (Å²) in [6.07, 6.45) is 10.4. The summed E-state index contributed by atoms with van der Waals surface area (Å²) in [5.74, 6) is 0.601. The summed E-state index contributed by atoms with van der Waals surface area (Å²) in [7, 11) is 0. The first-order valence-electron chi connectivity index (χ1n) is 7.09. The van der Waals surface area contributed by atoms with Crippen LogP contribution >= 0.6 is 11.3 Å². The highest BCUT2D eigenvalue weighted by Gasteiger charge is 2.22. The van der Waals surface area contributed by atoms with Crippen LogP contribution < -0.4 is 0 Å². The molecule has 2 aromatic heterocycles. The molecule has 1 saturated carbocycles. The van der Waals surface area contributed by atoms with Crippen molar-refractivity contribution in [3.05, 3.63) is 40.3 Å². The van der Waals surface area contributed by atoms with Crippen molar-refractivity contribution in [2.75, 3.05) is 0 Å². The van der Waals surface area contributed by atoms with Crippen LogP contribution in [0.3, 0.4) is 0 Å². The molecule has 0 saturated heterocycles. The molecule has 2 heterocycles. The summed E-state index contributed by atoms with van der Waals surface area (Å²) in [4.78, 5) is 13.3. The third-order valence-electron chi connectivity index (χ3n) is 3.75. The minimum absolute atomic E-state index is 0.268. The zero-order valence-electron chi connectivity index (χ0n) is 11.4. The van der Waals surface area contributed by atoms with E-state index >= 15 is 0 Å². The Morgan fingerprint density at radius 1 is 1.35 bits per heavy atom. The molecule has 0 radical (unpaired) electrons. The summed E-state index contributed by atoms with van der Waals surface area (Å²) < 4.78 is 1.76. The van der Waals surface area contributed by atoms with Gasteiger partial charge in [0.1, 0.15) is 0 Å². The van der Waals surface area contributed by atoms with E-state index in [-0.39, 0.29) is 5.92 Å². The number of carbonyl (C=O) groups is 1. The van der Waals surface area contributed by atoms with E-state index in [4.69, 9.17) is 0 Å². The van der Waals surface area contributed by atoms with E-state index in [9.17, 15) is 4.79 Å². The number of thiophene rings is 1. The third-order valence-corrected chi connectivity index (χ3v) is 4.59. The molecule has 3 rings (SSSR count). The van der Waals surface area contributed by atoms with Crippen molar-refractivity contribution >= 4 is 29.3 Å². The maximum Gasteiger partial charge on any atom is 0.157 e. The van der Waals surface area contributed by atoms with E-state index in [2.05, 4.69) is 22.6 Å².